The molecule has 2 aromatic heterocycles. The van der Waals surface area contributed by atoms with Gasteiger partial charge in [0.2, 0.25) is 0 Å². The topological polar surface area (TPSA) is 76.5 Å². The van der Waals surface area contributed by atoms with Gasteiger partial charge in [-0.3, -0.25) is 4.79 Å². The van der Waals surface area contributed by atoms with Crippen molar-refractivity contribution in [3.8, 4) is 11.8 Å². The lowest BCUT2D eigenvalue weighted by Gasteiger charge is -2.10. The third kappa shape index (κ3) is 2.84. The van der Waals surface area contributed by atoms with Gasteiger partial charge in [0.25, 0.3) is 5.82 Å². The molecule has 1 aromatic carbocycles. The van der Waals surface area contributed by atoms with Crippen LogP contribution in [0.1, 0.15) is 33.1 Å². The van der Waals surface area contributed by atoms with Crippen molar-refractivity contribution in [3.05, 3.63) is 65.0 Å². The van der Waals surface area contributed by atoms with Crippen molar-refractivity contribution in [2.45, 2.75) is 27.3 Å². The van der Waals surface area contributed by atoms with Crippen molar-refractivity contribution < 1.29 is 4.79 Å². The number of hydrogen-bond donors (Lipinski definition) is 0. The summed E-state index contributed by atoms with van der Waals surface area (Å²) >= 11 is 0. The molecule has 24 heavy (non-hydrogen) atoms. The standard InChI is InChI=1S/C18H17N5O/c1-12-4-6-15(7-5-12)23-13(2)8-16(14(23)3)17(24)10-22-11-20-18(9-19)21-22/h4-8,11H,10H2,1-3H3. The Morgan fingerprint density at radius 2 is 1.92 bits per heavy atom. The molecule has 0 unspecified atom stereocenters. The summed E-state index contributed by atoms with van der Waals surface area (Å²) in [5.41, 5.74) is 4.76. The van der Waals surface area contributed by atoms with Gasteiger partial charge in [0.15, 0.2) is 5.78 Å². The number of rotatable bonds is 4. The Bertz CT molecular complexity index is 941. The van der Waals surface area contributed by atoms with Gasteiger partial charge in [-0.2, -0.15) is 5.26 Å². The van der Waals surface area contributed by atoms with Gasteiger partial charge in [-0.25, -0.2) is 9.67 Å². The van der Waals surface area contributed by atoms with Crippen LogP contribution in [0.3, 0.4) is 0 Å². The molecule has 0 saturated heterocycles. The third-order valence-electron chi connectivity index (χ3n) is 3.97. The van der Waals surface area contributed by atoms with Crippen LogP contribution in [0.15, 0.2) is 36.7 Å². The normalized spacial score (nSPS) is 10.6. The zero-order chi connectivity index (χ0) is 17.3. The maximum Gasteiger partial charge on any atom is 0.252 e. The number of aromatic nitrogens is 4. The molecule has 3 rings (SSSR count). The van der Waals surface area contributed by atoms with E-state index in [0.29, 0.717) is 5.56 Å². The fourth-order valence-electron chi connectivity index (χ4n) is 2.79. The van der Waals surface area contributed by atoms with E-state index < -0.39 is 0 Å². The summed E-state index contributed by atoms with van der Waals surface area (Å²) in [6.07, 6.45) is 1.40. The number of benzene rings is 1. The Kier molecular flexibility index (Phi) is 4.00. The molecule has 6 nitrogen and oxygen atoms in total. The first-order valence-electron chi connectivity index (χ1n) is 7.58. The first-order chi connectivity index (χ1) is 11.5. The highest BCUT2D eigenvalue weighted by atomic mass is 16.1. The summed E-state index contributed by atoms with van der Waals surface area (Å²) in [5, 5.41) is 12.7. The van der Waals surface area contributed by atoms with Crippen LogP contribution in [-0.4, -0.2) is 25.1 Å². The second-order valence-electron chi connectivity index (χ2n) is 5.76. The third-order valence-corrected chi connectivity index (χ3v) is 3.97. The van der Waals surface area contributed by atoms with Crippen molar-refractivity contribution in [1.82, 2.24) is 19.3 Å². The Labute approximate surface area is 140 Å². The zero-order valence-corrected chi connectivity index (χ0v) is 13.8. The van der Waals surface area contributed by atoms with E-state index in [1.807, 2.05) is 45.0 Å². The monoisotopic (exact) mass is 319 g/mol. The van der Waals surface area contributed by atoms with Crippen LogP contribution >= 0.6 is 0 Å². The summed E-state index contributed by atoms with van der Waals surface area (Å²) < 4.78 is 3.45. The molecule has 0 fully saturated rings. The highest BCUT2D eigenvalue weighted by Crippen LogP contribution is 2.22. The minimum absolute atomic E-state index is 0.0594. The molecule has 120 valence electrons. The Balaban J connectivity index is 1.92. The average Bonchev–Trinajstić information content (AvgIpc) is 3.13. The summed E-state index contributed by atoms with van der Waals surface area (Å²) in [7, 11) is 0. The van der Waals surface area contributed by atoms with Crippen LogP contribution < -0.4 is 0 Å². The van der Waals surface area contributed by atoms with E-state index in [-0.39, 0.29) is 18.2 Å². The number of aryl methyl sites for hydroxylation is 2. The zero-order valence-electron chi connectivity index (χ0n) is 13.8. The molecule has 0 N–H and O–H groups in total. The Morgan fingerprint density at radius 3 is 2.54 bits per heavy atom. The predicted molar refractivity (Wildman–Crippen MR) is 89.0 cm³/mol. The smallest absolute Gasteiger partial charge is 0.252 e. The second kappa shape index (κ2) is 6.13. The van der Waals surface area contributed by atoms with Crippen LogP contribution in [0.25, 0.3) is 5.69 Å². The molecule has 0 bridgehead atoms. The molecule has 0 aliphatic carbocycles. The summed E-state index contributed by atoms with van der Waals surface area (Å²) in [5.74, 6) is 0.00350. The highest BCUT2D eigenvalue weighted by Gasteiger charge is 2.17. The SMILES string of the molecule is Cc1ccc(-n2c(C)cc(C(=O)Cn3cnc(C#N)n3)c2C)cc1. The lowest BCUT2D eigenvalue weighted by atomic mass is 10.1. The van der Waals surface area contributed by atoms with Gasteiger partial charge in [0.1, 0.15) is 18.9 Å². The molecule has 0 radical (unpaired) electrons. The number of hydrogen-bond acceptors (Lipinski definition) is 4. The van der Waals surface area contributed by atoms with E-state index in [1.54, 1.807) is 0 Å². The maximum absolute atomic E-state index is 12.6. The van der Waals surface area contributed by atoms with Crippen LogP contribution in [-0.2, 0) is 6.54 Å². The second-order valence-corrected chi connectivity index (χ2v) is 5.76. The lowest BCUT2D eigenvalue weighted by Crippen LogP contribution is -2.12. The fourth-order valence-corrected chi connectivity index (χ4v) is 2.79. The van der Waals surface area contributed by atoms with Gasteiger partial charge in [-0.1, -0.05) is 17.7 Å². The van der Waals surface area contributed by atoms with Crippen molar-refractivity contribution in [2.24, 2.45) is 0 Å². The van der Waals surface area contributed by atoms with Crippen molar-refractivity contribution >= 4 is 5.78 Å². The molecule has 0 spiro atoms. The minimum atomic E-state index is -0.0594. The first-order valence-corrected chi connectivity index (χ1v) is 7.58. The number of carbonyl (C=O) groups is 1. The number of Topliss-reactive ketones (excluding diaryl/α,β-unsaturated/α-hetero) is 1. The summed E-state index contributed by atoms with van der Waals surface area (Å²) in [4.78, 5) is 16.4. The Hall–Kier alpha value is -3.20. The van der Waals surface area contributed by atoms with Gasteiger partial charge in [0.05, 0.1) is 0 Å². The average molecular weight is 319 g/mol. The quantitative estimate of drug-likeness (QED) is 0.693. The minimum Gasteiger partial charge on any atom is -0.318 e. The van der Waals surface area contributed by atoms with E-state index in [0.717, 1.165) is 17.1 Å². The number of nitrogens with zero attached hydrogens (tertiary/aromatic N) is 5. The van der Waals surface area contributed by atoms with Crippen molar-refractivity contribution in [1.29, 1.82) is 5.26 Å². The largest absolute Gasteiger partial charge is 0.318 e. The van der Waals surface area contributed by atoms with E-state index in [4.69, 9.17) is 5.26 Å². The van der Waals surface area contributed by atoms with Gasteiger partial charge in [-0.15, -0.1) is 5.10 Å². The lowest BCUT2D eigenvalue weighted by molar-refractivity contribution is 0.0967. The van der Waals surface area contributed by atoms with Crippen LogP contribution in [0.2, 0.25) is 0 Å². The molecule has 3 aromatic rings. The van der Waals surface area contributed by atoms with E-state index >= 15 is 0 Å². The maximum atomic E-state index is 12.6. The first kappa shape index (κ1) is 15.7. The van der Waals surface area contributed by atoms with E-state index in [2.05, 4.69) is 26.8 Å². The molecule has 0 amide bonds. The van der Waals surface area contributed by atoms with Crippen molar-refractivity contribution in [2.75, 3.05) is 0 Å². The fraction of sp³-hybridized carbons (Fsp3) is 0.222. The molecule has 0 saturated carbocycles. The van der Waals surface area contributed by atoms with Gasteiger partial charge in [-0.05, 0) is 39.0 Å². The molecular formula is C18H17N5O. The molecule has 0 aliphatic rings. The Morgan fingerprint density at radius 1 is 1.21 bits per heavy atom. The van der Waals surface area contributed by atoms with Crippen LogP contribution in [0, 0.1) is 32.1 Å². The van der Waals surface area contributed by atoms with Gasteiger partial charge >= 0.3 is 0 Å². The highest BCUT2D eigenvalue weighted by molar-refractivity contribution is 5.97. The summed E-state index contributed by atoms with van der Waals surface area (Å²) in [6.45, 7) is 6.02. The number of nitriles is 1. The van der Waals surface area contributed by atoms with Crippen LogP contribution in [0.5, 0.6) is 0 Å². The van der Waals surface area contributed by atoms with Crippen LogP contribution in [0.4, 0.5) is 0 Å². The summed E-state index contributed by atoms with van der Waals surface area (Å²) in [6, 6.07) is 11.9. The predicted octanol–water partition coefficient (Wildman–Crippen LogP) is 2.75. The molecule has 0 aliphatic heterocycles. The van der Waals surface area contributed by atoms with Crippen molar-refractivity contribution in [3.63, 3.8) is 0 Å². The van der Waals surface area contributed by atoms with E-state index in [9.17, 15) is 4.79 Å². The number of ketones is 1. The molecule has 6 heteroatoms. The van der Waals surface area contributed by atoms with E-state index in [1.165, 1.54) is 16.6 Å². The molecular weight excluding hydrogens is 302 g/mol. The molecule has 2 heterocycles. The molecule has 0 atom stereocenters. The van der Waals surface area contributed by atoms with Gasteiger partial charge < -0.3 is 4.57 Å². The van der Waals surface area contributed by atoms with Gasteiger partial charge in [0, 0.05) is 22.6 Å². The number of carbonyl (C=O) groups excluding carboxylic acids is 1.